The Bertz CT molecular complexity index is 606. The minimum Gasteiger partial charge on any atom is -0.491 e. The predicted octanol–water partition coefficient (Wildman–Crippen LogP) is 4.58. The van der Waals surface area contributed by atoms with Crippen LogP contribution in [-0.2, 0) is 16.1 Å². The summed E-state index contributed by atoms with van der Waals surface area (Å²) in [6, 6.07) is 17.8. The van der Waals surface area contributed by atoms with Crippen molar-refractivity contribution in [3.8, 4) is 11.5 Å². The molecule has 0 bridgehead atoms. The molecule has 1 aliphatic heterocycles. The van der Waals surface area contributed by atoms with Crippen LogP contribution in [0.5, 0.6) is 11.5 Å². The monoisotopic (exact) mass is 342 g/mol. The molecule has 4 nitrogen and oxygen atoms in total. The molecule has 0 N–H and O–H groups in total. The Labute approximate surface area is 149 Å². The summed E-state index contributed by atoms with van der Waals surface area (Å²) in [5.74, 6) is 1.64. The molecule has 2 aromatic carbocycles. The fourth-order valence-electron chi connectivity index (χ4n) is 2.70. The topological polar surface area (TPSA) is 36.9 Å². The first kappa shape index (κ1) is 17.8. The van der Waals surface area contributed by atoms with Crippen molar-refractivity contribution in [3.05, 3.63) is 60.2 Å². The van der Waals surface area contributed by atoms with E-state index in [2.05, 4.69) is 12.1 Å². The highest BCUT2D eigenvalue weighted by molar-refractivity contribution is 5.31. The zero-order valence-electron chi connectivity index (χ0n) is 14.7. The third-order valence-corrected chi connectivity index (χ3v) is 4.08. The molecule has 0 spiro atoms. The van der Waals surface area contributed by atoms with Crippen LogP contribution < -0.4 is 9.47 Å². The van der Waals surface area contributed by atoms with E-state index < -0.39 is 0 Å². The van der Waals surface area contributed by atoms with Gasteiger partial charge in [-0.25, -0.2) is 0 Å². The molecule has 0 saturated carbocycles. The highest BCUT2D eigenvalue weighted by atomic mass is 16.7. The van der Waals surface area contributed by atoms with Crippen LogP contribution in [0.15, 0.2) is 54.6 Å². The number of benzene rings is 2. The van der Waals surface area contributed by atoms with Gasteiger partial charge in [-0.2, -0.15) is 0 Å². The molecule has 0 amide bonds. The van der Waals surface area contributed by atoms with E-state index >= 15 is 0 Å². The lowest BCUT2D eigenvalue weighted by Crippen LogP contribution is -2.29. The molecule has 2 unspecified atom stereocenters. The van der Waals surface area contributed by atoms with Crippen molar-refractivity contribution >= 4 is 0 Å². The maximum atomic E-state index is 5.85. The minimum absolute atomic E-state index is 0.00268. The van der Waals surface area contributed by atoms with Gasteiger partial charge in [0.2, 0.25) is 0 Å². The van der Waals surface area contributed by atoms with E-state index in [1.54, 1.807) is 0 Å². The van der Waals surface area contributed by atoms with Gasteiger partial charge in [-0.3, -0.25) is 0 Å². The van der Waals surface area contributed by atoms with Crippen molar-refractivity contribution < 1.29 is 18.9 Å². The summed E-state index contributed by atoms with van der Waals surface area (Å²) in [5, 5.41) is 0. The SMILES string of the molecule is CC(COc1ccc(OCc2ccccc2)cc1)OC1CCCCO1. The second-order valence-electron chi connectivity index (χ2n) is 6.30. The van der Waals surface area contributed by atoms with Gasteiger partial charge in [-0.1, -0.05) is 30.3 Å². The summed E-state index contributed by atoms with van der Waals surface area (Å²) in [5.41, 5.74) is 1.15. The van der Waals surface area contributed by atoms with Crippen LogP contribution in [0.4, 0.5) is 0 Å². The molecule has 0 aromatic heterocycles. The van der Waals surface area contributed by atoms with Gasteiger partial charge in [-0.05, 0) is 56.0 Å². The summed E-state index contributed by atoms with van der Waals surface area (Å²) in [7, 11) is 0. The van der Waals surface area contributed by atoms with Crippen molar-refractivity contribution in [3.63, 3.8) is 0 Å². The molecule has 1 fully saturated rings. The lowest BCUT2D eigenvalue weighted by Gasteiger charge is -2.26. The fraction of sp³-hybridized carbons (Fsp3) is 0.429. The van der Waals surface area contributed by atoms with E-state index in [4.69, 9.17) is 18.9 Å². The average molecular weight is 342 g/mol. The van der Waals surface area contributed by atoms with Crippen LogP contribution in [0.25, 0.3) is 0 Å². The van der Waals surface area contributed by atoms with E-state index in [0.29, 0.717) is 13.2 Å². The Morgan fingerprint density at radius 2 is 1.68 bits per heavy atom. The normalized spacial score (nSPS) is 18.5. The zero-order valence-corrected chi connectivity index (χ0v) is 14.7. The summed E-state index contributed by atoms with van der Waals surface area (Å²) in [6.07, 6.45) is 3.18. The number of rotatable bonds is 8. The van der Waals surface area contributed by atoms with Crippen LogP contribution in [-0.4, -0.2) is 25.6 Å². The molecule has 3 rings (SSSR count). The van der Waals surface area contributed by atoms with Crippen molar-refractivity contribution in [2.75, 3.05) is 13.2 Å². The highest BCUT2D eigenvalue weighted by Gasteiger charge is 2.17. The third-order valence-electron chi connectivity index (χ3n) is 4.08. The van der Waals surface area contributed by atoms with Gasteiger partial charge in [0.15, 0.2) is 6.29 Å². The van der Waals surface area contributed by atoms with E-state index in [9.17, 15) is 0 Å². The molecule has 2 atom stereocenters. The zero-order chi connectivity index (χ0) is 17.3. The van der Waals surface area contributed by atoms with Crippen molar-refractivity contribution in [2.24, 2.45) is 0 Å². The summed E-state index contributed by atoms with van der Waals surface area (Å²) in [6.45, 7) is 3.87. The Morgan fingerprint density at radius 1 is 0.960 bits per heavy atom. The third kappa shape index (κ3) is 6.07. The van der Waals surface area contributed by atoms with Crippen LogP contribution in [0.3, 0.4) is 0 Å². The lowest BCUT2D eigenvalue weighted by atomic mass is 10.2. The highest BCUT2D eigenvalue weighted by Crippen LogP contribution is 2.20. The Kier molecular flexibility index (Phi) is 6.71. The maximum Gasteiger partial charge on any atom is 0.158 e. The van der Waals surface area contributed by atoms with Crippen molar-refractivity contribution in [1.29, 1.82) is 0 Å². The summed E-state index contributed by atoms with van der Waals surface area (Å²) in [4.78, 5) is 0. The molecule has 0 aliphatic carbocycles. The molecule has 1 aliphatic rings. The van der Waals surface area contributed by atoms with E-state index in [1.165, 1.54) is 6.42 Å². The first-order valence-corrected chi connectivity index (χ1v) is 8.96. The second kappa shape index (κ2) is 9.44. The molecule has 4 heteroatoms. The van der Waals surface area contributed by atoms with E-state index in [-0.39, 0.29) is 12.4 Å². The smallest absolute Gasteiger partial charge is 0.158 e. The Morgan fingerprint density at radius 3 is 2.36 bits per heavy atom. The summed E-state index contributed by atoms with van der Waals surface area (Å²) < 4.78 is 23.0. The quantitative estimate of drug-likeness (QED) is 0.704. The minimum atomic E-state index is -0.0823. The number of hydrogen-bond donors (Lipinski definition) is 0. The van der Waals surface area contributed by atoms with Crippen LogP contribution >= 0.6 is 0 Å². The van der Waals surface area contributed by atoms with Gasteiger partial charge in [-0.15, -0.1) is 0 Å². The van der Waals surface area contributed by atoms with E-state index in [1.807, 2.05) is 49.4 Å². The van der Waals surface area contributed by atoms with Gasteiger partial charge >= 0.3 is 0 Å². The van der Waals surface area contributed by atoms with Crippen molar-refractivity contribution in [1.82, 2.24) is 0 Å². The molecular formula is C21H26O4. The standard InChI is InChI=1S/C21H26O4/c1-17(25-21-9-5-6-14-22-21)15-23-19-10-12-20(13-11-19)24-16-18-7-3-2-4-8-18/h2-4,7-8,10-13,17,21H,5-6,9,14-16H2,1H3. The lowest BCUT2D eigenvalue weighted by molar-refractivity contribution is -0.189. The predicted molar refractivity (Wildman–Crippen MR) is 96.8 cm³/mol. The van der Waals surface area contributed by atoms with Crippen LogP contribution in [0, 0.1) is 0 Å². The van der Waals surface area contributed by atoms with Crippen molar-refractivity contribution in [2.45, 2.75) is 45.2 Å². The number of hydrogen-bond acceptors (Lipinski definition) is 4. The average Bonchev–Trinajstić information content (AvgIpc) is 2.67. The van der Waals surface area contributed by atoms with Crippen LogP contribution in [0.1, 0.15) is 31.7 Å². The van der Waals surface area contributed by atoms with Gasteiger partial charge in [0.25, 0.3) is 0 Å². The molecule has 1 heterocycles. The maximum absolute atomic E-state index is 5.85. The fourth-order valence-corrected chi connectivity index (χ4v) is 2.70. The first-order valence-electron chi connectivity index (χ1n) is 8.96. The van der Waals surface area contributed by atoms with Crippen LogP contribution in [0.2, 0.25) is 0 Å². The molecular weight excluding hydrogens is 316 g/mol. The van der Waals surface area contributed by atoms with Gasteiger partial charge in [0, 0.05) is 6.61 Å². The second-order valence-corrected chi connectivity index (χ2v) is 6.30. The Hall–Kier alpha value is -2.04. The molecule has 2 aromatic rings. The first-order chi connectivity index (χ1) is 12.3. The van der Waals surface area contributed by atoms with Gasteiger partial charge in [0.1, 0.15) is 24.7 Å². The molecule has 134 valence electrons. The van der Waals surface area contributed by atoms with E-state index in [0.717, 1.165) is 36.5 Å². The number of ether oxygens (including phenoxy) is 4. The van der Waals surface area contributed by atoms with Gasteiger partial charge in [0.05, 0.1) is 6.10 Å². The molecule has 1 saturated heterocycles. The largest absolute Gasteiger partial charge is 0.491 e. The Balaban J connectivity index is 1.39. The molecule has 25 heavy (non-hydrogen) atoms. The molecule has 0 radical (unpaired) electrons. The summed E-state index contributed by atoms with van der Waals surface area (Å²) >= 11 is 0. The van der Waals surface area contributed by atoms with Gasteiger partial charge < -0.3 is 18.9 Å².